The van der Waals surface area contributed by atoms with Crippen LogP contribution in [0, 0.1) is 20.8 Å². The third kappa shape index (κ3) is 4.09. The van der Waals surface area contributed by atoms with Crippen molar-refractivity contribution in [2.45, 2.75) is 32.9 Å². The van der Waals surface area contributed by atoms with Gasteiger partial charge in [0.05, 0.1) is 28.9 Å². The van der Waals surface area contributed by atoms with Gasteiger partial charge < -0.3 is 14.1 Å². The van der Waals surface area contributed by atoms with Gasteiger partial charge in [0.25, 0.3) is 11.8 Å². The first kappa shape index (κ1) is 28.4. The van der Waals surface area contributed by atoms with Crippen LogP contribution in [0.4, 0.5) is 10.8 Å². The summed E-state index contributed by atoms with van der Waals surface area (Å²) in [5.74, 6) is -2.08. The summed E-state index contributed by atoms with van der Waals surface area (Å²) in [6, 6.07) is 20.1. The maximum Gasteiger partial charge on any atom is 0.350 e. The number of anilines is 2. The van der Waals surface area contributed by atoms with Gasteiger partial charge in [-0.2, -0.15) is 0 Å². The fourth-order valence-electron chi connectivity index (χ4n) is 6.18. The Morgan fingerprint density at radius 1 is 1.02 bits per heavy atom. The number of hydrogen-bond donors (Lipinski definition) is 0. The average Bonchev–Trinajstić information content (AvgIpc) is 3.62. The molecule has 2 aliphatic heterocycles. The molecule has 5 aromatic rings. The molecule has 0 fully saturated rings. The molecule has 0 saturated heterocycles. The highest BCUT2D eigenvalue weighted by Gasteiger charge is 2.66. The molecule has 3 aromatic carbocycles. The van der Waals surface area contributed by atoms with Crippen molar-refractivity contribution >= 4 is 50.9 Å². The van der Waals surface area contributed by atoms with Crippen LogP contribution < -0.4 is 15.2 Å². The number of rotatable bonds is 6. The summed E-state index contributed by atoms with van der Waals surface area (Å²) in [4.78, 5) is 64.6. The first-order valence-electron chi connectivity index (χ1n) is 14.3. The number of amides is 2. The number of hydrogen-bond acceptors (Lipinski definition) is 8. The lowest BCUT2D eigenvalue weighted by atomic mass is 9.84. The van der Waals surface area contributed by atoms with Gasteiger partial charge in [-0.1, -0.05) is 83.6 Å². The summed E-state index contributed by atoms with van der Waals surface area (Å²) in [5, 5.41) is 0.323. The maximum atomic E-state index is 15.1. The van der Waals surface area contributed by atoms with Gasteiger partial charge in [0, 0.05) is 5.56 Å². The zero-order chi connectivity index (χ0) is 31.6. The van der Waals surface area contributed by atoms with E-state index >= 15 is 4.79 Å². The first-order valence-corrected chi connectivity index (χ1v) is 15.1. The van der Waals surface area contributed by atoms with Crippen LogP contribution in [-0.2, 0) is 21.6 Å². The maximum absolute atomic E-state index is 15.1. The molecule has 1 atom stereocenters. The monoisotopic (exact) mass is 617 g/mol. The number of nitrogens with zero attached hydrogens (tertiary/aromatic N) is 3. The van der Waals surface area contributed by atoms with Gasteiger partial charge in [0.15, 0.2) is 16.1 Å². The summed E-state index contributed by atoms with van der Waals surface area (Å²) in [5.41, 5.74) is 1.83. The molecule has 0 aliphatic carbocycles. The third-order valence-corrected chi connectivity index (χ3v) is 9.36. The largest absolute Gasteiger partial charge is 0.457 e. The standard InChI is InChI=1S/C35H27N3O6S/c1-5-16-43-32(41)30-21(4)36-34(45-30)38-31(40)29-27(28(39)23-17-20(3)12-15-26(23)44-29)35(38)24-8-6-7-9-25(24)37(33(35)42)18-22-13-10-19(2)11-14-22/h5-15,17H,1,16,18H2,2-4H3. The smallest absolute Gasteiger partial charge is 0.350 e. The lowest BCUT2D eigenvalue weighted by molar-refractivity contribution is -0.121. The van der Waals surface area contributed by atoms with Crippen molar-refractivity contribution < 1.29 is 23.5 Å². The number of thiazole rings is 1. The molecule has 9 nitrogen and oxygen atoms in total. The van der Waals surface area contributed by atoms with Gasteiger partial charge in [-0.3, -0.25) is 19.3 Å². The third-order valence-electron chi connectivity index (χ3n) is 8.24. The average molecular weight is 618 g/mol. The number of carbonyl (C=O) groups is 3. The van der Waals surface area contributed by atoms with Crippen LogP contribution in [0.3, 0.4) is 0 Å². The molecule has 0 saturated carbocycles. The number of carbonyl (C=O) groups excluding carboxylic acids is 3. The summed E-state index contributed by atoms with van der Waals surface area (Å²) in [6.07, 6.45) is 1.45. The topological polar surface area (TPSA) is 110 Å². The second kappa shape index (κ2) is 10.4. The molecule has 45 heavy (non-hydrogen) atoms. The summed E-state index contributed by atoms with van der Waals surface area (Å²) in [6.45, 7) is 9.23. The molecule has 0 N–H and O–H groups in total. The summed E-state index contributed by atoms with van der Waals surface area (Å²) < 4.78 is 11.4. The number of esters is 1. The molecule has 4 heterocycles. The van der Waals surface area contributed by atoms with Crippen molar-refractivity contribution in [2.75, 3.05) is 16.4 Å². The Hall–Kier alpha value is -5.35. The molecule has 2 amide bonds. The molecular formula is C35H27N3O6S. The number of aromatic nitrogens is 1. The number of ether oxygens (including phenoxy) is 1. The van der Waals surface area contributed by atoms with Crippen molar-refractivity contribution in [3.05, 3.63) is 134 Å². The van der Waals surface area contributed by atoms with Crippen LogP contribution in [-0.4, -0.2) is 29.4 Å². The molecule has 10 heteroatoms. The van der Waals surface area contributed by atoms with E-state index in [1.807, 2.05) is 44.2 Å². The van der Waals surface area contributed by atoms with Crippen LogP contribution >= 0.6 is 11.3 Å². The molecule has 2 aliphatic rings. The minimum atomic E-state index is -1.93. The second-order valence-electron chi connectivity index (χ2n) is 11.2. The molecule has 0 bridgehead atoms. The van der Waals surface area contributed by atoms with Crippen molar-refractivity contribution in [2.24, 2.45) is 0 Å². The van der Waals surface area contributed by atoms with E-state index in [4.69, 9.17) is 9.15 Å². The van der Waals surface area contributed by atoms with Crippen LogP contribution in [0.5, 0.6) is 0 Å². The van der Waals surface area contributed by atoms with E-state index in [9.17, 15) is 14.4 Å². The van der Waals surface area contributed by atoms with E-state index in [1.165, 1.54) is 11.0 Å². The van der Waals surface area contributed by atoms with Gasteiger partial charge in [-0.15, -0.1) is 0 Å². The lowest BCUT2D eigenvalue weighted by Crippen LogP contribution is -2.53. The zero-order valence-electron chi connectivity index (χ0n) is 24.7. The first-order chi connectivity index (χ1) is 21.7. The van der Waals surface area contributed by atoms with Gasteiger partial charge in [-0.05, 0) is 44.5 Å². The van der Waals surface area contributed by atoms with Crippen molar-refractivity contribution in [1.29, 1.82) is 0 Å². The summed E-state index contributed by atoms with van der Waals surface area (Å²) >= 11 is 0.917. The number of aryl methyl sites for hydroxylation is 3. The molecular weight excluding hydrogens is 590 g/mol. The van der Waals surface area contributed by atoms with Crippen LogP contribution in [0.1, 0.15) is 53.7 Å². The normalized spacial score (nSPS) is 16.9. The Labute approximate surface area is 262 Å². The van der Waals surface area contributed by atoms with Crippen molar-refractivity contribution in [3.63, 3.8) is 0 Å². The van der Waals surface area contributed by atoms with Gasteiger partial charge >= 0.3 is 5.97 Å². The zero-order valence-corrected chi connectivity index (χ0v) is 25.6. The minimum Gasteiger partial charge on any atom is -0.457 e. The van der Waals surface area contributed by atoms with Crippen molar-refractivity contribution in [3.8, 4) is 0 Å². The van der Waals surface area contributed by atoms with Gasteiger partial charge in [0.1, 0.15) is 17.1 Å². The van der Waals surface area contributed by atoms with E-state index in [2.05, 4.69) is 11.6 Å². The lowest BCUT2D eigenvalue weighted by Gasteiger charge is -2.32. The van der Waals surface area contributed by atoms with E-state index in [1.54, 1.807) is 48.2 Å². The summed E-state index contributed by atoms with van der Waals surface area (Å²) in [7, 11) is 0. The Balaban J connectivity index is 1.51. The number of fused-ring (bicyclic) bond motifs is 5. The Kier molecular flexibility index (Phi) is 6.56. The van der Waals surface area contributed by atoms with Crippen LogP contribution in [0.25, 0.3) is 11.0 Å². The second-order valence-corrected chi connectivity index (χ2v) is 12.2. The van der Waals surface area contributed by atoms with Gasteiger partial charge in [-0.25, -0.2) is 9.78 Å². The van der Waals surface area contributed by atoms with E-state index in [0.717, 1.165) is 28.0 Å². The molecule has 1 spiro atoms. The highest BCUT2D eigenvalue weighted by Crippen LogP contribution is 2.55. The molecule has 7 rings (SSSR count). The van der Waals surface area contributed by atoms with Crippen LogP contribution in [0.15, 0.2) is 88.6 Å². The Bertz CT molecular complexity index is 2150. The molecule has 1 unspecified atom stereocenters. The number of benzene rings is 3. The molecule has 224 valence electrons. The van der Waals surface area contributed by atoms with Crippen LogP contribution in [0.2, 0.25) is 0 Å². The highest BCUT2D eigenvalue weighted by molar-refractivity contribution is 7.17. The fourth-order valence-corrected chi connectivity index (χ4v) is 7.19. The minimum absolute atomic E-state index is 0.00616. The quantitative estimate of drug-likeness (QED) is 0.171. The van der Waals surface area contributed by atoms with Gasteiger partial charge in [0.2, 0.25) is 5.76 Å². The van der Waals surface area contributed by atoms with E-state index in [0.29, 0.717) is 16.9 Å². The predicted octanol–water partition coefficient (Wildman–Crippen LogP) is 5.97. The SMILES string of the molecule is C=CCOC(=O)c1sc(N2C(=O)c3oc4ccc(C)cc4c(=O)c3C23C(=O)N(Cc2ccc(C)cc2)c2ccccc23)nc1C. The number of para-hydroxylation sites is 1. The van der Waals surface area contributed by atoms with E-state index < -0.39 is 28.8 Å². The molecule has 2 aromatic heterocycles. The molecule has 0 radical (unpaired) electrons. The van der Waals surface area contributed by atoms with Crippen molar-refractivity contribution in [1.82, 2.24) is 4.98 Å². The Morgan fingerprint density at radius 3 is 2.51 bits per heavy atom. The highest BCUT2D eigenvalue weighted by atomic mass is 32.1. The van der Waals surface area contributed by atoms with E-state index in [-0.39, 0.29) is 45.5 Å². The fraction of sp³-hybridized carbons (Fsp3) is 0.171. The predicted molar refractivity (Wildman–Crippen MR) is 171 cm³/mol. The Morgan fingerprint density at radius 2 is 1.76 bits per heavy atom.